The Morgan fingerprint density at radius 1 is 1.17 bits per heavy atom. The van der Waals surface area contributed by atoms with Crippen LogP contribution in [-0.2, 0) is 20.7 Å². The fourth-order valence-corrected chi connectivity index (χ4v) is 2.77. The Kier molecular flexibility index (Phi) is 6.44. The Morgan fingerprint density at radius 2 is 1.83 bits per heavy atom. The fourth-order valence-electron chi connectivity index (χ4n) is 2.77. The summed E-state index contributed by atoms with van der Waals surface area (Å²) in [5.74, 6) is 0.129. The van der Waals surface area contributed by atoms with Gasteiger partial charge in [0.25, 0.3) is 5.91 Å². The van der Waals surface area contributed by atoms with E-state index in [-0.39, 0.29) is 18.4 Å². The van der Waals surface area contributed by atoms with E-state index < -0.39 is 12.1 Å². The molecule has 1 aromatic carbocycles. The molecular weight excluding hydrogens is 294 g/mol. The van der Waals surface area contributed by atoms with Gasteiger partial charge in [0.15, 0.2) is 6.10 Å². The van der Waals surface area contributed by atoms with Crippen LogP contribution in [0.25, 0.3) is 0 Å². The van der Waals surface area contributed by atoms with E-state index in [0.717, 1.165) is 37.0 Å². The van der Waals surface area contributed by atoms with E-state index in [1.807, 2.05) is 12.1 Å². The Bertz CT molecular complexity index is 520. The van der Waals surface area contributed by atoms with E-state index in [1.165, 1.54) is 6.42 Å². The van der Waals surface area contributed by atoms with Crippen molar-refractivity contribution in [2.45, 2.75) is 57.6 Å². The highest BCUT2D eigenvalue weighted by atomic mass is 16.5. The number of hydrogen-bond acceptors (Lipinski definition) is 4. The molecule has 0 heterocycles. The van der Waals surface area contributed by atoms with Gasteiger partial charge in [0.1, 0.15) is 5.75 Å². The van der Waals surface area contributed by atoms with Crippen molar-refractivity contribution in [3.05, 3.63) is 29.8 Å². The summed E-state index contributed by atoms with van der Waals surface area (Å²) < 4.78 is 10.3. The number of rotatable bonds is 6. The molecule has 1 aliphatic rings. The zero-order valence-corrected chi connectivity index (χ0v) is 13.8. The molecule has 1 aromatic rings. The van der Waals surface area contributed by atoms with E-state index in [9.17, 15) is 9.59 Å². The summed E-state index contributed by atoms with van der Waals surface area (Å²) in [7, 11) is 1.59. The average Bonchev–Trinajstić information content (AvgIpc) is 2.56. The van der Waals surface area contributed by atoms with Crippen LogP contribution in [0, 0.1) is 0 Å². The summed E-state index contributed by atoms with van der Waals surface area (Å²) in [6.07, 6.45) is 4.94. The van der Waals surface area contributed by atoms with Gasteiger partial charge in [-0.25, -0.2) is 0 Å². The Balaban J connectivity index is 1.77. The predicted octanol–water partition coefficient (Wildman–Crippen LogP) is 2.62. The molecule has 0 aromatic heterocycles. The van der Waals surface area contributed by atoms with E-state index in [4.69, 9.17) is 9.47 Å². The lowest BCUT2D eigenvalue weighted by Crippen LogP contribution is -2.42. The quantitative estimate of drug-likeness (QED) is 0.819. The number of benzene rings is 1. The lowest BCUT2D eigenvalue weighted by atomic mass is 9.95. The van der Waals surface area contributed by atoms with Gasteiger partial charge in [0.2, 0.25) is 0 Å². The second-order valence-corrected chi connectivity index (χ2v) is 6.00. The van der Waals surface area contributed by atoms with Crippen LogP contribution in [0.4, 0.5) is 0 Å². The van der Waals surface area contributed by atoms with Gasteiger partial charge in [-0.15, -0.1) is 0 Å². The molecule has 5 heteroatoms. The first-order valence-corrected chi connectivity index (χ1v) is 8.21. The van der Waals surface area contributed by atoms with E-state index >= 15 is 0 Å². The molecule has 0 bridgehead atoms. The van der Waals surface area contributed by atoms with Crippen LogP contribution in [0.15, 0.2) is 24.3 Å². The molecule has 23 heavy (non-hydrogen) atoms. The highest BCUT2D eigenvalue weighted by molar-refractivity contribution is 5.84. The molecule has 126 valence electrons. The van der Waals surface area contributed by atoms with Crippen molar-refractivity contribution in [1.82, 2.24) is 5.32 Å². The molecule has 1 saturated carbocycles. The molecule has 0 spiro atoms. The van der Waals surface area contributed by atoms with E-state index in [0.29, 0.717) is 0 Å². The first-order valence-electron chi connectivity index (χ1n) is 8.21. The molecular formula is C18H25NO4. The van der Waals surface area contributed by atoms with Crippen molar-refractivity contribution < 1.29 is 19.1 Å². The van der Waals surface area contributed by atoms with Crippen LogP contribution >= 0.6 is 0 Å². The van der Waals surface area contributed by atoms with Crippen molar-refractivity contribution in [2.24, 2.45) is 0 Å². The summed E-state index contributed by atoms with van der Waals surface area (Å²) in [5.41, 5.74) is 0.829. The van der Waals surface area contributed by atoms with Crippen molar-refractivity contribution >= 4 is 11.9 Å². The summed E-state index contributed by atoms with van der Waals surface area (Å²) in [6, 6.07) is 7.43. The molecule has 1 unspecified atom stereocenters. The average molecular weight is 319 g/mol. The van der Waals surface area contributed by atoms with Crippen molar-refractivity contribution in [2.75, 3.05) is 7.11 Å². The van der Waals surface area contributed by atoms with Crippen LogP contribution in [0.2, 0.25) is 0 Å². The standard InChI is InChI=1S/C18H25NO4/c1-13(18(21)19-15-6-4-3-5-7-15)23-17(20)12-14-8-10-16(22-2)11-9-14/h8-11,13,15H,3-7,12H2,1-2H3,(H,19,21). The number of amides is 1. The fraction of sp³-hybridized carbons (Fsp3) is 0.556. The van der Waals surface area contributed by atoms with E-state index in [2.05, 4.69) is 5.32 Å². The van der Waals surface area contributed by atoms with Crippen LogP contribution in [0.1, 0.15) is 44.6 Å². The Hall–Kier alpha value is -2.04. The minimum Gasteiger partial charge on any atom is -0.497 e. The molecule has 5 nitrogen and oxygen atoms in total. The lowest BCUT2D eigenvalue weighted by molar-refractivity contribution is -0.154. The van der Waals surface area contributed by atoms with Gasteiger partial charge >= 0.3 is 5.97 Å². The normalized spacial score (nSPS) is 16.4. The SMILES string of the molecule is COc1ccc(CC(=O)OC(C)C(=O)NC2CCCCC2)cc1. The minimum absolute atomic E-state index is 0.144. The van der Waals surface area contributed by atoms with E-state index in [1.54, 1.807) is 26.2 Å². The molecule has 0 aliphatic heterocycles. The first-order chi connectivity index (χ1) is 11.1. The third-order valence-corrected chi connectivity index (χ3v) is 4.14. The Labute approximate surface area is 137 Å². The topological polar surface area (TPSA) is 64.6 Å². The molecule has 0 radical (unpaired) electrons. The van der Waals surface area contributed by atoms with Crippen LogP contribution in [0.5, 0.6) is 5.75 Å². The predicted molar refractivity (Wildman–Crippen MR) is 87.3 cm³/mol. The summed E-state index contributed by atoms with van der Waals surface area (Å²) >= 11 is 0. The molecule has 0 saturated heterocycles. The Morgan fingerprint density at radius 3 is 2.43 bits per heavy atom. The number of ether oxygens (including phenoxy) is 2. The monoisotopic (exact) mass is 319 g/mol. The zero-order valence-electron chi connectivity index (χ0n) is 13.8. The summed E-state index contributed by atoms with van der Waals surface area (Å²) in [4.78, 5) is 24.0. The second kappa shape index (κ2) is 8.56. The maximum Gasteiger partial charge on any atom is 0.311 e. The molecule has 1 N–H and O–H groups in total. The summed E-state index contributed by atoms with van der Waals surface area (Å²) in [6.45, 7) is 1.62. The number of carbonyl (C=O) groups excluding carboxylic acids is 2. The molecule has 1 fully saturated rings. The maximum atomic E-state index is 12.1. The zero-order chi connectivity index (χ0) is 16.7. The number of methoxy groups -OCH3 is 1. The number of hydrogen-bond donors (Lipinski definition) is 1. The summed E-state index contributed by atoms with van der Waals surface area (Å²) in [5, 5.41) is 2.97. The molecule has 1 atom stereocenters. The van der Waals surface area contributed by atoms with Crippen molar-refractivity contribution in [1.29, 1.82) is 0 Å². The van der Waals surface area contributed by atoms with Crippen LogP contribution in [-0.4, -0.2) is 31.1 Å². The maximum absolute atomic E-state index is 12.1. The largest absolute Gasteiger partial charge is 0.497 e. The van der Waals surface area contributed by atoms with Gasteiger partial charge in [-0.3, -0.25) is 9.59 Å². The van der Waals surface area contributed by atoms with Gasteiger partial charge in [0.05, 0.1) is 13.5 Å². The third-order valence-electron chi connectivity index (χ3n) is 4.14. The number of nitrogens with one attached hydrogen (secondary N) is 1. The van der Waals surface area contributed by atoms with Gasteiger partial charge in [-0.1, -0.05) is 31.4 Å². The first kappa shape index (κ1) is 17.3. The minimum atomic E-state index is -0.761. The van der Waals surface area contributed by atoms with Crippen molar-refractivity contribution in [3.63, 3.8) is 0 Å². The second-order valence-electron chi connectivity index (χ2n) is 6.00. The van der Waals surface area contributed by atoms with Gasteiger partial charge < -0.3 is 14.8 Å². The smallest absolute Gasteiger partial charge is 0.311 e. The number of carbonyl (C=O) groups is 2. The van der Waals surface area contributed by atoms with Crippen LogP contribution < -0.4 is 10.1 Å². The highest BCUT2D eigenvalue weighted by Gasteiger charge is 2.22. The molecule has 1 aliphatic carbocycles. The van der Waals surface area contributed by atoms with Gasteiger partial charge in [-0.05, 0) is 37.5 Å². The molecule has 1 amide bonds. The lowest BCUT2D eigenvalue weighted by Gasteiger charge is -2.24. The third kappa shape index (κ3) is 5.58. The van der Waals surface area contributed by atoms with Gasteiger partial charge in [-0.2, -0.15) is 0 Å². The van der Waals surface area contributed by atoms with Gasteiger partial charge in [0, 0.05) is 6.04 Å². The highest BCUT2D eigenvalue weighted by Crippen LogP contribution is 2.17. The molecule has 2 rings (SSSR count). The number of esters is 1. The van der Waals surface area contributed by atoms with Crippen LogP contribution in [0.3, 0.4) is 0 Å². The van der Waals surface area contributed by atoms with Crippen molar-refractivity contribution in [3.8, 4) is 5.75 Å².